The van der Waals surface area contributed by atoms with E-state index in [2.05, 4.69) is 17.2 Å². The number of allylic oxidation sites excluding steroid dienone is 1. The number of nitrogens with zero attached hydrogens (tertiary/aromatic N) is 4. The smallest absolute Gasteiger partial charge is 0.145 e. The van der Waals surface area contributed by atoms with Crippen LogP contribution in [0.2, 0.25) is 0 Å². The Hall–Kier alpha value is -4.03. The van der Waals surface area contributed by atoms with E-state index in [1.54, 1.807) is 25.3 Å². The largest absolute Gasteiger partial charge is 0.497 e. The predicted octanol–water partition coefficient (Wildman–Crippen LogP) is 3.40. The number of nitrogens with two attached hydrogens (primary N) is 1. The SMILES string of the molecule is COc1ccc(C=C(C#N)c2nn(-c3ccccc3)c(N)c2C#N)cc1. The average molecular weight is 341 g/mol. The van der Waals surface area contributed by atoms with E-state index in [0.29, 0.717) is 0 Å². The molecule has 3 aromatic rings. The van der Waals surface area contributed by atoms with Crippen LogP contribution in [0.25, 0.3) is 17.3 Å². The Morgan fingerprint density at radius 1 is 1.12 bits per heavy atom. The van der Waals surface area contributed by atoms with E-state index < -0.39 is 0 Å². The number of aromatic nitrogens is 2. The molecule has 0 aliphatic heterocycles. The molecule has 3 rings (SSSR count). The van der Waals surface area contributed by atoms with Gasteiger partial charge in [-0.1, -0.05) is 30.3 Å². The van der Waals surface area contributed by atoms with E-state index in [-0.39, 0.29) is 22.6 Å². The molecule has 0 aliphatic carbocycles. The summed E-state index contributed by atoms with van der Waals surface area (Å²) in [7, 11) is 1.59. The zero-order chi connectivity index (χ0) is 18.5. The maximum atomic E-state index is 9.59. The molecule has 0 amide bonds. The number of ether oxygens (including phenoxy) is 1. The zero-order valence-electron chi connectivity index (χ0n) is 14.0. The van der Waals surface area contributed by atoms with Gasteiger partial charge in [-0.3, -0.25) is 0 Å². The number of anilines is 1. The molecule has 0 bridgehead atoms. The number of nitrogen functional groups attached to an aromatic ring is 1. The molecule has 6 heteroatoms. The Morgan fingerprint density at radius 2 is 1.81 bits per heavy atom. The lowest BCUT2D eigenvalue weighted by atomic mass is 10.1. The Labute approximate surface area is 151 Å². The van der Waals surface area contributed by atoms with Crippen molar-refractivity contribution in [2.75, 3.05) is 12.8 Å². The highest BCUT2D eigenvalue weighted by molar-refractivity contribution is 5.91. The minimum absolute atomic E-state index is 0.176. The first kappa shape index (κ1) is 16.8. The first-order valence-corrected chi connectivity index (χ1v) is 7.78. The first-order chi connectivity index (χ1) is 12.7. The molecule has 2 N–H and O–H groups in total. The van der Waals surface area contributed by atoms with Gasteiger partial charge >= 0.3 is 0 Å². The van der Waals surface area contributed by atoms with Gasteiger partial charge in [-0.2, -0.15) is 15.6 Å². The van der Waals surface area contributed by atoms with E-state index in [0.717, 1.165) is 17.0 Å². The molecule has 1 aromatic heterocycles. The molecule has 0 atom stereocenters. The second kappa shape index (κ2) is 7.25. The van der Waals surface area contributed by atoms with Crippen LogP contribution in [-0.4, -0.2) is 16.9 Å². The van der Waals surface area contributed by atoms with Crippen molar-refractivity contribution in [3.8, 4) is 23.6 Å². The summed E-state index contributed by atoms with van der Waals surface area (Å²) in [6.07, 6.45) is 1.66. The van der Waals surface area contributed by atoms with Crippen molar-refractivity contribution in [2.45, 2.75) is 0 Å². The quantitative estimate of drug-likeness (QED) is 0.733. The fourth-order valence-corrected chi connectivity index (χ4v) is 2.52. The molecule has 126 valence electrons. The Kier molecular flexibility index (Phi) is 4.69. The van der Waals surface area contributed by atoms with E-state index in [9.17, 15) is 10.5 Å². The van der Waals surface area contributed by atoms with E-state index in [4.69, 9.17) is 10.5 Å². The molecular formula is C20H15N5O. The summed E-state index contributed by atoms with van der Waals surface area (Å²) < 4.78 is 6.59. The predicted molar refractivity (Wildman–Crippen MR) is 99.2 cm³/mol. The highest BCUT2D eigenvalue weighted by Gasteiger charge is 2.19. The molecule has 2 aromatic carbocycles. The Bertz CT molecular complexity index is 1030. The molecule has 0 saturated heterocycles. The van der Waals surface area contributed by atoms with Gasteiger partial charge in [0.15, 0.2) is 0 Å². The van der Waals surface area contributed by atoms with Gasteiger partial charge in [-0.05, 0) is 35.9 Å². The number of hydrogen-bond acceptors (Lipinski definition) is 5. The van der Waals surface area contributed by atoms with Gasteiger partial charge in [-0.25, -0.2) is 4.68 Å². The van der Waals surface area contributed by atoms with Crippen LogP contribution in [-0.2, 0) is 0 Å². The molecule has 6 nitrogen and oxygen atoms in total. The van der Waals surface area contributed by atoms with Crippen LogP contribution in [0, 0.1) is 22.7 Å². The Balaban J connectivity index is 2.10. The summed E-state index contributed by atoms with van der Waals surface area (Å²) in [4.78, 5) is 0. The van der Waals surface area contributed by atoms with E-state index in [1.807, 2.05) is 42.5 Å². The third-order valence-electron chi connectivity index (χ3n) is 3.84. The minimum Gasteiger partial charge on any atom is -0.497 e. The van der Waals surface area contributed by atoms with E-state index in [1.165, 1.54) is 4.68 Å². The van der Waals surface area contributed by atoms with Crippen molar-refractivity contribution in [1.29, 1.82) is 10.5 Å². The van der Waals surface area contributed by atoms with Crippen molar-refractivity contribution in [3.05, 3.63) is 71.4 Å². The van der Waals surface area contributed by atoms with Crippen LogP contribution in [0.15, 0.2) is 54.6 Å². The fourth-order valence-electron chi connectivity index (χ4n) is 2.52. The number of benzene rings is 2. The van der Waals surface area contributed by atoms with Crippen molar-refractivity contribution >= 4 is 17.5 Å². The number of para-hydroxylation sites is 1. The molecule has 0 spiro atoms. The van der Waals surface area contributed by atoms with Crippen molar-refractivity contribution in [3.63, 3.8) is 0 Å². The first-order valence-electron chi connectivity index (χ1n) is 7.78. The fraction of sp³-hybridized carbons (Fsp3) is 0.0500. The maximum Gasteiger partial charge on any atom is 0.145 e. The average Bonchev–Trinajstić information content (AvgIpc) is 3.03. The zero-order valence-corrected chi connectivity index (χ0v) is 14.0. The van der Waals surface area contributed by atoms with Crippen LogP contribution in [0.3, 0.4) is 0 Å². The molecule has 0 unspecified atom stereocenters. The summed E-state index contributed by atoms with van der Waals surface area (Å²) in [5, 5.41) is 23.5. The molecular weight excluding hydrogens is 326 g/mol. The van der Waals surface area contributed by atoms with Crippen molar-refractivity contribution in [1.82, 2.24) is 9.78 Å². The van der Waals surface area contributed by atoms with Crippen molar-refractivity contribution < 1.29 is 4.74 Å². The summed E-state index contributed by atoms with van der Waals surface area (Å²) in [6.45, 7) is 0. The summed E-state index contributed by atoms with van der Waals surface area (Å²) >= 11 is 0. The van der Waals surface area contributed by atoms with Crippen molar-refractivity contribution in [2.24, 2.45) is 0 Å². The molecule has 0 radical (unpaired) electrons. The lowest BCUT2D eigenvalue weighted by Crippen LogP contribution is -2.02. The summed E-state index contributed by atoms with van der Waals surface area (Å²) in [5.41, 5.74) is 8.29. The number of hydrogen-bond donors (Lipinski definition) is 1. The van der Waals surface area contributed by atoms with Gasteiger partial charge in [0.1, 0.15) is 35.0 Å². The monoisotopic (exact) mass is 341 g/mol. The lowest BCUT2D eigenvalue weighted by molar-refractivity contribution is 0.415. The highest BCUT2D eigenvalue weighted by Crippen LogP contribution is 2.27. The summed E-state index contributed by atoms with van der Waals surface area (Å²) in [5.74, 6) is 0.917. The van der Waals surface area contributed by atoms with Crippen LogP contribution in [0.5, 0.6) is 5.75 Å². The van der Waals surface area contributed by atoms with E-state index >= 15 is 0 Å². The third-order valence-corrected chi connectivity index (χ3v) is 3.84. The number of methoxy groups -OCH3 is 1. The molecule has 26 heavy (non-hydrogen) atoms. The second-order valence-corrected chi connectivity index (χ2v) is 5.41. The Morgan fingerprint density at radius 3 is 2.38 bits per heavy atom. The molecule has 1 heterocycles. The van der Waals surface area contributed by atoms with Crippen LogP contribution < -0.4 is 10.5 Å². The summed E-state index contributed by atoms with van der Waals surface area (Å²) in [6, 6.07) is 20.6. The van der Waals surface area contributed by atoms with Gasteiger partial charge in [0.25, 0.3) is 0 Å². The van der Waals surface area contributed by atoms with Gasteiger partial charge < -0.3 is 10.5 Å². The highest BCUT2D eigenvalue weighted by atomic mass is 16.5. The van der Waals surface area contributed by atoms with Gasteiger partial charge in [0.05, 0.1) is 18.4 Å². The van der Waals surface area contributed by atoms with Crippen LogP contribution in [0.4, 0.5) is 5.82 Å². The van der Waals surface area contributed by atoms with Crippen LogP contribution >= 0.6 is 0 Å². The topological polar surface area (TPSA) is 101 Å². The number of nitriles is 2. The standard InChI is InChI=1S/C20H15N5O/c1-26-17-9-7-14(8-10-17)11-15(12-21)19-18(13-22)20(23)25(24-19)16-5-3-2-4-6-16/h2-11H,23H2,1H3. The van der Waals surface area contributed by atoms with Gasteiger partial charge in [0, 0.05) is 0 Å². The van der Waals surface area contributed by atoms with Gasteiger partial charge in [-0.15, -0.1) is 0 Å². The minimum atomic E-state index is 0.176. The second-order valence-electron chi connectivity index (χ2n) is 5.41. The van der Waals surface area contributed by atoms with Gasteiger partial charge in [0.2, 0.25) is 0 Å². The lowest BCUT2D eigenvalue weighted by Gasteiger charge is -2.02. The molecule has 0 aliphatic rings. The molecule has 0 fully saturated rings. The molecule has 0 saturated carbocycles. The van der Waals surface area contributed by atoms with Crippen LogP contribution in [0.1, 0.15) is 16.8 Å². The number of rotatable bonds is 4. The maximum absolute atomic E-state index is 9.59. The third kappa shape index (κ3) is 3.12. The normalized spacial score (nSPS) is 10.8.